The normalized spacial score (nSPS) is 11.0. The molecule has 0 saturated heterocycles. The van der Waals surface area contributed by atoms with Crippen LogP contribution in [-0.4, -0.2) is 26.4 Å². The van der Waals surface area contributed by atoms with Crippen LogP contribution in [0.5, 0.6) is 0 Å². The molecule has 2 rings (SSSR count). The van der Waals surface area contributed by atoms with Crippen molar-refractivity contribution in [2.24, 2.45) is 0 Å². The molecule has 0 aliphatic heterocycles. The Hall–Kier alpha value is -2.67. The van der Waals surface area contributed by atoms with E-state index in [2.05, 4.69) is 10.0 Å². The zero-order chi connectivity index (χ0) is 17.9. The van der Waals surface area contributed by atoms with Crippen LogP contribution in [0, 0.1) is 6.92 Å². The van der Waals surface area contributed by atoms with Crippen LogP contribution in [-0.2, 0) is 10.0 Å². The highest BCUT2D eigenvalue weighted by Gasteiger charge is 2.14. The van der Waals surface area contributed by atoms with Crippen molar-refractivity contribution in [1.82, 2.24) is 0 Å². The number of nitrogens with one attached hydrogen (secondary N) is 2. The molecule has 0 fully saturated rings. The summed E-state index contributed by atoms with van der Waals surface area (Å²) in [5.41, 5.74) is 2.20. The smallest absolute Gasteiger partial charge is 0.256 e. The molecule has 1 amide bonds. The third kappa shape index (κ3) is 4.42. The Kier molecular flexibility index (Phi) is 5.04. The Labute approximate surface area is 140 Å². The van der Waals surface area contributed by atoms with Crippen molar-refractivity contribution in [2.45, 2.75) is 13.8 Å². The molecule has 0 saturated carbocycles. The molecule has 0 radical (unpaired) electrons. The summed E-state index contributed by atoms with van der Waals surface area (Å²) in [6, 6.07) is 11.4. The fourth-order valence-corrected chi connectivity index (χ4v) is 2.83. The number of hydrogen-bond donors (Lipinski definition) is 2. The fraction of sp³-hybridized carbons (Fsp3) is 0.176. The first-order valence-electron chi connectivity index (χ1n) is 7.17. The molecule has 2 aromatic carbocycles. The quantitative estimate of drug-likeness (QED) is 0.814. The van der Waals surface area contributed by atoms with E-state index in [1.54, 1.807) is 49.4 Å². The van der Waals surface area contributed by atoms with Gasteiger partial charge in [0.15, 0.2) is 5.78 Å². The van der Waals surface area contributed by atoms with Crippen molar-refractivity contribution in [2.75, 3.05) is 16.3 Å². The maximum atomic E-state index is 12.5. The molecule has 0 aliphatic rings. The molecule has 0 spiro atoms. The zero-order valence-corrected chi connectivity index (χ0v) is 14.4. The number of sulfonamides is 1. The minimum absolute atomic E-state index is 0.0957. The highest BCUT2D eigenvalue weighted by molar-refractivity contribution is 7.92. The van der Waals surface area contributed by atoms with Gasteiger partial charge in [0, 0.05) is 16.8 Å². The average Bonchev–Trinajstić information content (AvgIpc) is 2.48. The van der Waals surface area contributed by atoms with E-state index in [1.807, 2.05) is 0 Å². The summed E-state index contributed by atoms with van der Waals surface area (Å²) in [5.74, 6) is -0.480. The summed E-state index contributed by atoms with van der Waals surface area (Å²) >= 11 is 0. The first-order valence-corrected chi connectivity index (χ1v) is 9.06. The van der Waals surface area contributed by atoms with Crippen LogP contribution in [0.2, 0.25) is 0 Å². The van der Waals surface area contributed by atoms with Crippen molar-refractivity contribution in [1.29, 1.82) is 0 Å². The second-order valence-electron chi connectivity index (χ2n) is 5.44. The molecule has 24 heavy (non-hydrogen) atoms. The minimum atomic E-state index is -3.44. The van der Waals surface area contributed by atoms with Gasteiger partial charge in [-0.2, -0.15) is 0 Å². The summed E-state index contributed by atoms with van der Waals surface area (Å²) in [6.45, 7) is 3.11. The second kappa shape index (κ2) is 6.84. The van der Waals surface area contributed by atoms with Crippen molar-refractivity contribution in [3.63, 3.8) is 0 Å². The van der Waals surface area contributed by atoms with Gasteiger partial charge in [-0.05, 0) is 43.7 Å². The number of benzene rings is 2. The molecule has 0 unspecified atom stereocenters. The number of ketones is 1. The summed E-state index contributed by atoms with van der Waals surface area (Å²) < 4.78 is 25.1. The maximum absolute atomic E-state index is 12.5. The topological polar surface area (TPSA) is 92.3 Å². The van der Waals surface area contributed by atoms with Gasteiger partial charge in [-0.3, -0.25) is 14.3 Å². The Balaban J connectivity index is 2.29. The molecule has 7 heteroatoms. The number of rotatable bonds is 5. The average molecular weight is 346 g/mol. The molecular formula is C17H18N2O4S. The lowest BCUT2D eigenvalue weighted by Crippen LogP contribution is -2.16. The van der Waals surface area contributed by atoms with Crippen LogP contribution < -0.4 is 10.0 Å². The van der Waals surface area contributed by atoms with Crippen molar-refractivity contribution < 1.29 is 18.0 Å². The van der Waals surface area contributed by atoms with Crippen LogP contribution in [0.3, 0.4) is 0 Å². The maximum Gasteiger partial charge on any atom is 0.256 e. The van der Waals surface area contributed by atoms with Crippen LogP contribution in [0.25, 0.3) is 0 Å². The first-order chi connectivity index (χ1) is 11.2. The highest BCUT2D eigenvalue weighted by Crippen LogP contribution is 2.21. The van der Waals surface area contributed by atoms with Gasteiger partial charge in [-0.25, -0.2) is 8.42 Å². The number of hydrogen-bond acceptors (Lipinski definition) is 4. The highest BCUT2D eigenvalue weighted by atomic mass is 32.2. The van der Waals surface area contributed by atoms with Gasteiger partial charge in [0.1, 0.15) is 0 Å². The van der Waals surface area contributed by atoms with Gasteiger partial charge in [0.2, 0.25) is 10.0 Å². The van der Waals surface area contributed by atoms with Crippen molar-refractivity contribution in [3.05, 3.63) is 59.2 Å². The van der Waals surface area contributed by atoms with Gasteiger partial charge in [-0.15, -0.1) is 0 Å². The van der Waals surface area contributed by atoms with Gasteiger partial charge in [0.05, 0.1) is 11.9 Å². The second-order valence-corrected chi connectivity index (χ2v) is 7.19. The molecule has 0 aromatic heterocycles. The van der Waals surface area contributed by atoms with Crippen molar-refractivity contribution in [3.8, 4) is 0 Å². The van der Waals surface area contributed by atoms with E-state index in [-0.39, 0.29) is 11.7 Å². The molecule has 6 nitrogen and oxygen atoms in total. The van der Waals surface area contributed by atoms with E-state index in [9.17, 15) is 18.0 Å². The van der Waals surface area contributed by atoms with Crippen LogP contribution in [0.4, 0.5) is 11.4 Å². The Morgan fingerprint density at radius 3 is 2.33 bits per heavy atom. The number of Topliss-reactive ketones (excluding diaryl/α,β-unsaturated/α-hetero) is 1. The number of carbonyl (C=O) groups is 2. The van der Waals surface area contributed by atoms with E-state index in [1.165, 1.54) is 6.92 Å². The van der Waals surface area contributed by atoms with Crippen LogP contribution >= 0.6 is 0 Å². The van der Waals surface area contributed by atoms with Gasteiger partial charge < -0.3 is 5.32 Å². The van der Waals surface area contributed by atoms with Gasteiger partial charge in [0.25, 0.3) is 5.91 Å². The van der Waals surface area contributed by atoms with E-state index in [0.717, 1.165) is 6.26 Å². The molecular weight excluding hydrogens is 328 g/mol. The molecule has 0 aliphatic carbocycles. The molecule has 2 N–H and O–H groups in total. The first kappa shape index (κ1) is 17.7. The van der Waals surface area contributed by atoms with E-state index < -0.39 is 10.0 Å². The lowest BCUT2D eigenvalue weighted by Gasteiger charge is -2.12. The van der Waals surface area contributed by atoms with E-state index in [0.29, 0.717) is 28.1 Å². The Morgan fingerprint density at radius 1 is 1.04 bits per heavy atom. The largest absolute Gasteiger partial charge is 0.322 e. The molecule has 0 bridgehead atoms. The standard InChI is InChI=1S/C17H18N2O4S/c1-11-15(8-5-9-16(11)19-24(3,22)23)17(21)18-14-7-4-6-13(10-14)12(2)20/h4-10,19H,1-3H3,(H,18,21). The van der Waals surface area contributed by atoms with Gasteiger partial charge in [-0.1, -0.05) is 18.2 Å². The third-order valence-corrected chi connectivity index (χ3v) is 3.99. The molecule has 0 atom stereocenters. The Morgan fingerprint density at radius 2 is 1.71 bits per heavy atom. The van der Waals surface area contributed by atoms with Gasteiger partial charge >= 0.3 is 0 Å². The summed E-state index contributed by atoms with van der Waals surface area (Å²) in [7, 11) is -3.44. The lowest BCUT2D eigenvalue weighted by atomic mass is 10.1. The molecule has 2 aromatic rings. The predicted molar refractivity (Wildman–Crippen MR) is 94.0 cm³/mol. The predicted octanol–water partition coefficient (Wildman–Crippen LogP) is 2.82. The fourth-order valence-electron chi connectivity index (χ4n) is 2.21. The number of amides is 1. The minimum Gasteiger partial charge on any atom is -0.322 e. The van der Waals surface area contributed by atoms with Crippen LogP contribution in [0.15, 0.2) is 42.5 Å². The van der Waals surface area contributed by atoms with E-state index in [4.69, 9.17) is 0 Å². The number of anilines is 2. The van der Waals surface area contributed by atoms with Crippen LogP contribution in [0.1, 0.15) is 33.2 Å². The third-order valence-electron chi connectivity index (χ3n) is 3.40. The molecule has 0 heterocycles. The monoisotopic (exact) mass is 346 g/mol. The Bertz CT molecular complexity index is 905. The summed E-state index contributed by atoms with van der Waals surface area (Å²) in [6.07, 6.45) is 1.05. The number of carbonyl (C=O) groups excluding carboxylic acids is 2. The summed E-state index contributed by atoms with van der Waals surface area (Å²) in [4.78, 5) is 23.9. The SMILES string of the molecule is CC(=O)c1cccc(NC(=O)c2cccc(NS(C)(=O)=O)c2C)c1. The zero-order valence-electron chi connectivity index (χ0n) is 13.6. The lowest BCUT2D eigenvalue weighted by molar-refractivity contribution is 0.101. The molecule has 126 valence electrons. The van der Waals surface area contributed by atoms with Crippen molar-refractivity contribution >= 4 is 33.1 Å². The summed E-state index contributed by atoms with van der Waals surface area (Å²) in [5, 5.41) is 2.72. The van der Waals surface area contributed by atoms with E-state index >= 15 is 0 Å².